The molecule has 0 spiro atoms. The van der Waals surface area contributed by atoms with E-state index in [1.54, 1.807) is 19.1 Å². The van der Waals surface area contributed by atoms with Crippen molar-refractivity contribution in [1.82, 2.24) is 10.6 Å². The van der Waals surface area contributed by atoms with E-state index in [9.17, 15) is 14.3 Å². The molecule has 0 aliphatic carbocycles. The summed E-state index contributed by atoms with van der Waals surface area (Å²) in [5.41, 5.74) is 2.07. The molecule has 2 rings (SSSR count). The monoisotopic (exact) mass is 302 g/mol. The number of nitrogens with one attached hydrogen (secondary N) is 2. The highest BCUT2D eigenvalue weighted by atomic mass is 19.1. The molecular weight excluding hydrogens is 283 g/mol. The maximum absolute atomic E-state index is 13.4. The SMILES string of the molecule is Cc1ccc(CNC(=O)NC(CO)c2ccccc2)cc1F. The molecule has 116 valence electrons. The number of amides is 2. The van der Waals surface area contributed by atoms with E-state index >= 15 is 0 Å². The van der Waals surface area contributed by atoms with Gasteiger partial charge in [0.1, 0.15) is 5.82 Å². The first-order chi connectivity index (χ1) is 10.6. The van der Waals surface area contributed by atoms with Gasteiger partial charge in [-0.2, -0.15) is 0 Å². The molecule has 0 aromatic heterocycles. The molecule has 5 heteroatoms. The fourth-order valence-electron chi connectivity index (χ4n) is 2.06. The summed E-state index contributed by atoms with van der Waals surface area (Å²) in [7, 11) is 0. The number of benzene rings is 2. The smallest absolute Gasteiger partial charge is 0.315 e. The standard InChI is InChI=1S/C17H19FN2O2/c1-12-7-8-13(9-15(12)18)10-19-17(22)20-16(11-21)14-5-3-2-4-6-14/h2-9,16,21H,10-11H2,1H3,(H2,19,20,22). The number of halogens is 1. The summed E-state index contributed by atoms with van der Waals surface area (Å²) in [5, 5.41) is 14.7. The lowest BCUT2D eigenvalue weighted by atomic mass is 10.1. The molecule has 3 N–H and O–H groups in total. The lowest BCUT2D eigenvalue weighted by Gasteiger charge is -2.17. The molecule has 1 unspecified atom stereocenters. The lowest BCUT2D eigenvalue weighted by Crippen LogP contribution is -2.38. The minimum absolute atomic E-state index is 0.198. The van der Waals surface area contributed by atoms with E-state index in [4.69, 9.17) is 0 Å². The molecule has 2 amide bonds. The second kappa shape index (κ2) is 7.56. The van der Waals surface area contributed by atoms with Crippen LogP contribution in [0.15, 0.2) is 48.5 Å². The minimum Gasteiger partial charge on any atom is -0.394 e. The predicted molar refractivity (Wildman–Crippen MR) is 82.8 cm³/mol. The average Bonchev–Trinajstić information content (AvgIpc) is 2.54. The Hall–Kier alpha value is -2.40. The Morgan fingerprint density at radius 2 is 1.95 bits per heavy atom. The Bertz CT molecular complexity index is 632. The maximum Gasteiger partial charge on any atom is 0.315 e. The summed E-state index contributed by atoms with van der Waals surface area (Å²) >= 11 is 0. The van der Waals surface area contributed by atoms with Crippen LogP contribution < -0.4 is 10.6 Å². The number of rotatable bonds is 5. The molecule has 2 aromatic carbocycles. The van der Waals surface area contributed by atoms with Gasteiger partial charge in [-0.25, -0.2) is 9.18 Å². The van der Waals surface area contributed by atoms with Crippen molar-refractivity contribution in [1.29, 1.82) is 0 Å². The van der Waals surface area contributed by atoms with Crippen LogP contribution in [-0.2, 0) is 6.54 Å². The molecule has 0 aliphatic heterocycles. The van der Waals surface area contributed by atoms with Crippen LogP contribution in [0.3, 0.4) is 0 Å². The number of aliphatic hydroxyl groups is 1. The van der Waals surface area contributed by atoms with Crippen molar-refractivity contribution in [2.75, 3.05) is 6.61 Å². The fourth-order valence-corrected chi connectivity index (χ4v) is 2.06. The lowest BCUT2D eigenvalue weighted by molar-refractivity contribution is 0.216. The summed E-state index contributed by atoms with van der Waals surface area (Å²) in [4.78, 5) is 11.9. The van der Waals surface area contributed by atoms with Crippen LogP contribution in [0.25, 0.3) is 0 Å². The van der Waals surface area contributed by atoms with E-state index < -0.39 is 12.1 Å². The highest BCUT2D eigenvalue weighted by Crippen LogP contribution is 2.12. The fraction of sp³-hybridized carbons (Fsp3) is 0.235. The summed E-state index contributed by atoms with van der Waals surface area (Å²) < 4.78 is 13.4. The topological polar surface area (TPSA) is 61.4 Å². The number of urea groups is 1. The predicted octanol–water partition coefficient (Wildman–Crippen LogP) is 2.67. The first-order valence-electron chi connectivity index (χ1n) is 7.05. The van der Waals surface area contributed by atoms with Crippen LogP contribution in [0.4, 0.5) is 9.18 Å². The number of carbonyl (C=O) groups excluding carboxylic acids is 1. The first-order valence-corrected chi connectivity index (χ1v) is 7.05. The molecule has 0 saturated heterocycles. The van der Waals surface area contributed by atoms with Gasteiger partial charge in [-0.15, -0.1) is 0 Å². The number of carbonyl (C=O) groups is 1. The third-order valence-corrected chi connectivity index (χ3v) is 3.38. The van der Waals surface area contributed by atoms with E-state index in [2.05, 4.69) is 10.6 Å². The van der Waals surface area contributed by atoms with Gasteiger partial charge in [0, 0.05) is 6.54 Å². The summed E-state index contributed by atoms with van der Waals surface area (Å²) in [6.07, 6.45) is 0. The molecule has 2 aromatic rings. The van der Waals surface area contributed by atoms with Crippen LogP contribution in [0.2, 0.25) is 0 Å². The summed E-state index contributed by atoms with van der Waals surface area (Å²) in [5.74, 6) is -0.294. The van der Waals surface area contributed by atoms with Gasteiger partial charge in [-0.1, -0.05) is 42.5 Å². The first kappa shape index (κ1) is 16.0. The highest BCUT2D eigenvalue weighted by molar-refractivity contribution is 5.74. The summed E-state index contributed by atoms with van der Waals surface area (Å²) in [6.45, 7) is 1.71. The Morgan fingerprint density at radius 3 is 2.59 bits per heavy atom. The van der Waals surface area contributed by atoms with Crippen molar-refractivity contribution >= 4 is 6.03 Å². The Kier molecular flexibility index (Phi) is 5.49. The van der Waals surface area contributed by atoms with Crippen LogP contribution in [-0.4, -0.2) is 17.7 Å². The van der Waals surface area contributed by atoms with Crippen LogP contribution in [0, 0.1) is 12.7 Å². The Morgan fingerprint density at radius 1 is 1.23 bits per heavy atom. The van der Waals surface area contributed by atoms with E-state index in [1.165, 1.54) is 6.07 Å². The molecule has 1 atom stereocenters. The van der Waals surface area contributed by atoms with Gasteiger partial charge in [0.2, 0.25) is 0 Å². The Balaban J connectivity index is 1.90. The highest BCUT2D eigenvalue weighted by Gasteiger charge is 2.13. The van der Waals surface area contributed by atoms with Crippen molar-refractivity contribution in [2.24, 2.45) is 0 Å². The molecule has 0 heterocycles. The zero-order valence-corrected chi connectivity index (χ0v) is 12.3. The van der Waals surface area contributed by atoms with E-state index in [0.717, 1.165) is 5.56 Å². The van der Waals surface area contributed by atoms with Crippen LogP contribution >= 0.6 is 0 Å². The van der Waals surface area contributed by atoms with Crippen LogP contribution in [0.5, 0.6) is 0 Å². The second-order valence-corrected chi connectivity index (χ2v) is 5.06. The van der Waals surface area contributed by atoms with Crippen molar-refractivity contribution in [2.45, 2.75) is 19.5 Å². The zero-order valence-electron chi connectivity index (χ0n) is 12.3. The van der Waals surface area contributed by atoms with Gasteiger partial charge in [-0.05, 0) is 29.7 Å². The number of aliphatic hydroxyl groups excluding tert-OH is 1. The van der Waals surface area contributed by atoms with Crippen LogP contribution in [0.1, 0.15) is 22.7 Å². The molecule has 22 heavy (non-hydrogen) atoms. The van der Waals surface area contributed by atoms with Gasteiger partial charge in [0.05, 0.1) is 12.6 Å². The van der Waals surface area contributed by atoms with Crippen molar-refractivity contribution in [3.8, 4) is 0 Å². The van der Waals surface area contributed by atoms with Gasteiger partial charge >= 0.3 is 6.03 Å². The quantitative estimate of drug-likeness (QED) is 0.795. The van der Waals surface area contributed by atoms with Crippen molar-refractivity contribution in [3.63, 3.8) is 0 Å². The van der Waals surface area contributed by atoms with E-state index in [-0.39, 0.29) is 19.0 Å². The molecule has 0 radical (unpaired) electrons. The average molecular weight is 302 g/mol. The van der Waals surface area contributed by atoms with Gasteiger partial charge in [0.25, 0.3) is 0 Å². The number of aryl methyl sites for hydroxylation is 1. The molecule has 0 bridgehead atoms. The second-order valence-electron chi connectivity index (χ2n) is 5.06. The third-order valence-electron chi connectivity index (χ3n) is 3.38. The normalized spacial score (nSPS) is 11.8. The molecule has 0 aliphatic rings. The van der Waals surface area contributed by atoms with E-state index in [1.807, 2.05) is 30.3 Å². The largest absolute Gasteiger partial charge is 0.394 e. The molecule has 4 nitrogen and oxygen atoms in total. The zero-order chi connectivity index (χ0) is 15.9. The van der Waals surface area contributed by atoms with Gasteiger partial charge in [-0.3, -0.25) is 0 Å². The third kappa shape index (κ3) is 4.30. The molecular formula is C17H19FN2O2. The number of hydrogen-bond acceptors (Lipinski definition) is 2. The number of hydrogen-bond donors (Lipinski definition) is 3. The minimum atomic E-state index is -0.476. The molecule has 0 saturated carbocycles. The van der Waals surface area contributed by atoms with Gasteiger partial charge < -0.3 is 15.7 Å². The molecule has 0 fully saturated rings. The van der Waals surface area contributed by atoms with Gasteiger partial charge in [0.15, 0.2) is 0 Å². The summed E-state index contributed by atoms with van der Waals surface area (Å²) in [6, 6.07) is 13.1. The van der Waals surface area contributed by atoms with Crippen molar-refractivity contribution < 1.29 is 14.3 Å². The van der Waals surface area contributed by atoms with E-state index in [0.29, 0.717) is 11.1 Å². The maximum atomic E-state index is 13.4. The van der Waals surface area contributed by atoms with Crippen molar-refractivity contribution in [3.05, 3.63) is 71.0 Å². The Labute approximate surface area is 129 Å².